The molecule has 1 aromatic carbocycles. The number of sulfonamides is 1. The number of aromatic nitrogens is 2. The lowest BCUT2D eigenvalue weighted by atomic mass is 10.2. The van der Waals surface area contributed by atoms with Crippen molar-refractivity contribution in [2.45, 2.75) is 13.0 Å². The predicted molar refractivity (Wildman–Crippen MR) is 88.3 cm³/mol. The number of benzene rings is 1. The SMILES string of the molecule is CC(Oc1cccc(C#N)c1)C(=O)Nc1nnc(NS(C)(=O)=O)s1. The summed E-state index contributed by atoms with van der Waals surface area (Å²) >= 11 is 0.875. The second kappa shape index (κ2) is 7.24. The minimum Gasteiger partial charge on any atom is -0.481 e. The van der Waals surface area contributed by atoms with E-state index in [4.69, 9.17) is 10.00 Å². The molecule has 0 saturated carbocycles. The van der Waals surface area contributed by atoms with Crippen molar-refractivity contribution >= 4 is 37.5 Å². The van der Waals surface area contributed by atoms with E-state index >= 15 is 0 Å². The molecule has 0 radical (unpaired) electrons. The summed E-state index contributed by atoms with van der Waals surface area (Å²) in [6, 6.07) is 8.39. The van der Waals surface area contributed by atoms with Gasteiger partial charge in [0.2, 0.25) is 20.3 Å². The normalized spacial score (nSPS) is 12.0. The van der Waals surface area contributed by atoms with Crippen molar-refractivity contribution in [3.8, 4) is 11.8 Å². The molecule has 1 amide bonds. The van der Waals surface area contributed by atoms with Gasteiger partial charge in [0.05, 0.1) is 17.9 Å². The van der Waals surface area contributed by atoms with Crippen molar-refractivity contribution in [1.82, 2.24) is 10.2 Å². The molecule has 1 heterocycles. The highest BCUT2D eigenvalue weighted by molar-refractivity contribution is 7.92. The van der Waals surface area contributed by atoms with Gasteiger partial charge in [0.1, 0.15) is 5.75 Å². The molecule has 0 bridgehead atoms. The summed E-state index contributed by atoms with van der Waals surface area (Å²) < 4.78 is 29.8. The Hall–Kier alpha value is -2.71. The lowest BCUT2D eigenvalue weighted by molar-refractivity contribution is -0.122. The second-order valence-corrected chi connectivity index (χ2v) is 7.40. The molecule has 2 rings (SSSR count). The van der Waals surface area contributed by atoms with Crippen molar-refractivity contribution in [3.63, 3.8) is 0 Å². The fourth-order valence-electron chi connectivity index (χ4n) is 1.58. The Kier molecular flexibility index (Phi) is 5.32. The number of hydrogen-bond acceptors (Lipinski definition) is 8. The van der Waals surface area contributed by atoms with Crippen LogP contribution in [0.2, 0.25) is 0 Å². The van der Waals surface area contributed by atoms with Crippen LogP contribution in [0.1, 0.15) is 12.5 Å². The zero-order valence-electron chi connectivity index (χ0n) is 12.7. The summed E-state index contributed by atoms with van der Waals surface area (Å²) in [5.41, 5.74) is 0.417. The van der Waals surface area contributed by atoms with Crippen LogP contribution in [0.4, 0.5) is 10.3 Å². The van der Waals surface area contributed by atoms with Gasteiger partial charge in [0, 0.05) is 0 Å². The van der Waals surface area contributed by atoms with Crippen LogP contribution in [0.3, 0.4) is 0 Å². The Labute approximate surface area is 142 Å². The number of nitrogens with one attached hydrogen (secondary N) is 2. The smallest absolute Gasteiger partial charge is 0.266 e. The van der Waals surface area contributed by atoms with E-state index < -0.39 is 22.0 Å². The zero-order chi connectivity index (χ0) is 17.7. The first kappa shape index (κ1) is 17.6. The molecule has 0 saturated heterocycles. The molecular formula is C13H13N5O4S2. The highest BCUT2D eigenvalue weighted by atomic mass is 32.2. The van der Waals surface area contributed by atoms with Crippen LogP contribution >= 0.6 is 11.3 Å². The lowest BCUT2D eigenvalue weighted by Crippen LogP contribution is -2.30. The summed E-state index contributed by atoms with van der Waals surface area (Å²) in [5.74, 6) is -0.104. The van der Waals surface area contributed by atoms with Crippen LogP contribution in [-0.4, -0.2) is 36.9 Å². The fraction of sp³-hybridized carbons (Fsp3) is 0.231. The van der Waals surface area contributed by atoms with Crippen LogP contribution in [0, 0.1) is 11.3 Å². The molecule has 1 aromatic heterocycles. The highest BCUT2D eigenvalue weighted by Crippen LogP contribution is 2.21. The molecule has 9 nitrogen and oxygen atoms in total. The van der Waals surface area contributed by atoms with Gasteiger partial charge >= 0.3 is 0 Å². The molecule has 0 aliphatic heterocycles. The van der Waals surface area contributed by atoms with Crippen molar-refractivity contribution in [3.05, 3.63) is 29.8 Å². The van der Waals surface area contributed by atoms with Crippen LogP contribution in [0.25, 0.3) is 0 Å². The second-order valence-electron chi connectivity index (χ2n) is 4.68. The van der Waals surface area contributed by atoms with Crippen LogP contribution in [0.15, 0.2) is 24.3 Å². The lowest BCUT2D eigenvalue weighted by Gasteiger charge is -2.13. The van der Waals surface area contributed by atoms with Crippen LogP contribution in [-0.2, 0) is 14.8 Å². The molecule has 1 atom stereocenters. The number of rotatable bonds is 6. The number of carbonyl (C=O) groups is 1. The monoisotopic (exact) mass is 367 g/mol. The van der Waals surface area contributed by atoms with Crippen LogP contribution < -0.4 is 14.8 Å². The van der Waals surface area contributed by atoms with Crippen molar-refractivity contribution < 1.29 is 17.9 Å². The zero-order valence-corrected chi connectivity index (χ0v) is 14.3. The first-order valence-corrected chi connectivity index (χ1v) is 9.26. The average molecular weight is 367 g/mol. The van der Waals surface area contributed by atoms with E-state index in [0.717, 1.165) is 17.6 Å². The van der Waals surface area contributed by atoms with E-state index in [1.54, 1.807) is 18.2 Å². The van der Waals surface area contributed by atoms with Crippen molar-refractivity contribution in [2.75, 3.05) is 16.3 Å². The third-order valence-electron chi connectivity index (χ3n) is 2.57. The van der Waals surface area contributed by atoms with E-state index in [1.165, 1.54) is 13.0 Å². The number of ether oxygens (including phenoxy) is 1. The molecule has 24 heavy (non-hydrogen) atoms. The molecule has 0 spiro atoms. The molecule has 0 aliphatic rings. The average Bonchev–Trinajstić information content (AvgIpc) is 2.92. The number of nitriles is 1. The molecule has 11 heteroatoms. The Balaban J connectivity index is 1.97. The maximum Gasteiger partial charge on any atom is 0.266 e. The standard InChI is InChI=1S/C13H13N5O4S2/c1-8(22-10-5-3-4-9(6-10)7-14)11(19)15-12-16-17-13(23-12)18-24(2,20)21/h3-6,8H,1-2H3,(H,17,18)(H,15,16,19). The Morgan fingerprint density at radius 3 is 2.75 bits per heavy atom. The molecule has 0 fully saturated rings. The third-order valence-corrected chi connectivity index (χ3v) is 4.02. The molecule has 2 aromatic rings. The van der Waals surface area contributed by atoms with Gasteiger partial charge in [-0.15, -0.1) is 10.2 Å². The number of anilines is 2. The van der Waals surface area contributed by atoms with E-state index in [9.17, 15) is 13.2 Å². The van der Waals surface area contributed by atoms with Crippen molar-refractivity contribution in [1.29, 1.82) is 5.26 Å². The van der Waals surface area contributed by atoms with E-state index in [0.29, 0.717) is 11.3 Å². The van der Waals surface area contributed by atoms with E-state index in [2.05, 4.69) is 20.2 Å². The molecule has 2 N–H and O–H groups in total. The van der Waals surface area contributed by atoms with Gasteiger partial charge in [-0.1, -0.05) is 17.4 Å². The van der Waals surface area contributed by atoms with Gasteiger partial charge in [0.15, 0.2) is 6.10 Å². The Morgan fingerprint density at radius 2 is 2.08 bits per heavy atom. The Morgan fingerprint density at radius 1 is 1.38 bits per heavy atom. The van der Waals surface area contributed by atoms with Gasteiger partial charge in [0.25, 0.3) is 5.91 Å². The topological polar surface area (TPSA) is 134 Å². The number of nitrogens with zero attached hydrogens (tertiary/aromatic N) is 3. The number of carbonyl (C=O) groups excluding carboxylic acids is 1. The molecule has 1 unspecified atom stereocenters. The first-order chi connectivity index (χ1) is 11.3. The van der Waals surface area contributed by atoms with E-state index in [1.807, 2.05) is 6.07 Å². The summed E-state index contributed by atoms with van der Waals surface area (Å²) in [6.45, 7) is 1.53. The maximum absolute atomic E-state index is 12.1. The minimum atomic E-state index is -3.46. The van der Waals surface area contributed by atoms with Gasteiger partial charge in [-0.05, 0) is 25.1 Å². The van der Waals surface area contributed by atoms with Crippen molar-refractivity contribution in [2.24, 2.45) is 0 Å². The largest absolute Gasteiger partial charge is 0.481 e. The minimum absolute atomic E-state index is 0.0445. The van der Waals surface area contributed by atoms with Gasteiger partial charge in [-0.25, -0.2) is 8.42 Å². The van der Waals surface area contributed by atoms with Gasteiger partial charge < -0.3 is 4.74 Å². The summed E-state index contributed by atoms with van der Waals surface area (Å²) in [7, 11) is -3.46. The highest BCUT2D eigenvalue weighted by Gasteiger charge is 2.18. The van der Waals surface area contributed by atoms with Crippen LogP contribution in [0.5, 0.6) is 5.75 Å². The van der Waals surface area contributed by atoms with Gasteiger partial charge in [-0.2, -0.15) is 5.26 Å². The first-order valence-electron chi connectivity index (χ1n) is 6.56. The maximum atomic E-state index is 12.1. The van der Waals surface area contributed by atoms with Gasteiger partial charge in [-0.3, -0.25) is 14.8 Å². The molecular weight excluding hydrogens is 354 g/mol. The predicted octanol–water partition coefficient (Wildman–Crippen LogP) is 1.19. The summed E-state index contributed by atoms with van der Waals surface area (Å²) in [4.78, 5) is 12.1. The molecule has 126 valence electrons. The Bertz CT molecular complexity index is 888. The third kappa shape index (κ3) is 5.18. The number of hydrogen-bond donors (Lipinski definition) is 2. The summed E-state index contributed by atoms with van der Waals surface area (Å²) in [5, 5.41) is 18.8. The van der Waals surface area contributed by atoms with E-state index in [-0.39, 0.29) is 10.3 Å². The fourth-order valence-corrected chi connectivity index (χ4v) is 3.05. The quantitative estimate of drug-likeness (QED) is 0.783. The summed E-state index contributed by atoms with van der Waals surface area (Å²) in [6.07, 6.45) is 0.131. The number of amides is 1. The molecule has 0 aliphatic carbocycles.